The summed E-state index contributed by atoms with van der Waals surface area (Å²) in [6, 6.07) is 2.74. The lowest BCUT2D eigenvalue weighted by atomic mass is 10.1. The Balaban J connectivity index is 2.97. The van der Waals surface area contributed by atoms with E-state index in [4.69, 9.17) is 9.84 Å². The highest BCUT2D eigenvalue weighted by molar-refractivity contribution is 5.96. The maximum absolute atomic E-state index is 13.4. The van der Waals surface area contributed by atoms with Crippen LogP contribution in [0, 0.1) is 5.82 Å². The second-order valence-electron chi connectivity index (χ2n) is 3.78. The minimum atomic E-state index is -1.13. The molecule has 1 aromatic rings. The molecule has 0 heterocycles. The Morgan fingerprint density at radius 2 is 2.06 bits per heavy atom. The van der Waals surface area contributed by atoms with Crippen LogP contribution >= 0.6 is 0 Å². The number of carbonyl (C=O) groups is 2. The number of nitrogens with zero attached hydrogens (tertiary/aromatic N) is 1. The highest BCUT2D eigenvalue weighted by Crippen LogP contribution is 2.18. The number of carboxylic acids is 1. The van der Waals surface area contributed by atoms with Gasteiger partial charge in [-0.2, -0.15) is 0 Å². The normalized spacial score (nSPS) is 11.8. The van der Waals surface area contributed by atoms with Crippen molar-refractivity contribution in [1.29, 1.82) is 0 Å². The van der Waals surface area contributed by atoms with Gasteiger partial charge < -0.3 is 14.7 Å². The molecule has 0 bridgehead atoms. The molecule has 18 heavy (non-hydrogen) atoms. The summed E-state index contributed by atoms with van der Waals surface area (Å²) in [4.78, 5) is 23.7. The molecular weight excluding hydrogens is 241 g/mol. The number of benzene rings is 1. The predicted octanol–water partition coefficient (Wildman–Crippen LogP) is 1.38. The first-order valence-corrected chi connectivity index (χ1v) is 5.22. The molecule has 5 nitrogen and oxygen atoms in total. The molecule has 0 aliphatic carbocycles. The third-order valence-corrected chi connectivity index (χ3v) is 2.66. The molecule has 98 valence electrons. The first-order valence-electron chi connectivity index (χ1n) is 5.22. The zero-order chi connectivity index (χ0) is 13.9. The molecule has 1 aromatic carbocycles. The molecule has 1 amide bonds. The molecule has 6 heteroatoms. The molecule has 1 N–H and O–H groups in total. The van der Waals surface area contributed by atoms with Crippen LogP contribution in [0.2, 0.25) is 0 Å². The SMILES string of the molecule is COc1ccc(C(=O)N(C)C(C)C(=O)O)cc1F. The lowest BCUT2D eigenvalue weighted by Crippen LogP contribution is -2.40. The minimum absolute atomic E-state index is 0.0282. The summed E-state index contributed by atoms with van der Waals surface area (Å²) in [5, 5.41) is 8.80. The summed E-state index contributed by atoms with van der Waals surface area (Å²) in [6.07, 6.45) is 0. The fourth-order valence-electron chi connectivity index (χ4n) is 1.34. The number of hydrogen-bond acceptors (Lipinski definition) is 3. The van der Waals surface area contributed by atoms with Crippen molar-refractivity contribution in [3.05, 3.63) is 29.6 Å². The van der Waals surface area contributed by atoms with Gasteiger partial charge >= 0.3 is 5.97 Å². The van der Waals surface area contributed by atoms with Crippen LogP contribution in [-0.2, 0) is 4.79 Å². The average Bonchev–Trinajstić information content (AvgIpc) is 2.35. The Kier molecular flexibility index (Phi) is 4.25. The van der Waals surface area contributed by atoms with Crippen LogP contribution in [-0.4, -0.2) is 42.1 Å². The molecule has 0 saturated heterocycles. The number of ether oxygens (including phenoxy) is 1. The number of carbonyl (C=O) groups excluding carboxylic acids is 1. The van der Waals surface area contributed by atoms with Crippen molar-refractivity contribution in [2.24, 2.45) is 0 Å². The molecule has 1 atom stereocenters. The van der Waals surface area contributed by atoms with E-state index in [0.29, 0.717) is 0 Å². The fourth-order valence-corrected chi connectivity index (χ4v) is 1.34. The van der Waals surface area contributed by atoms with Crippen molar-refractivity contribution < 1.29 is 23.8 Å². The van der Waals surface area contributed by atoms with E-state index < -0.39 is 23.7 Å². The number of hydrogen-bond donors (Lipinski definition) is 1. The van der Waals surface area contributed by atoms with Gasteiger partial charge in [0.15, 0.2) is 11.6 Å². The van der Waals surface area contributed by atoms with E-state index in [0.717, 1.165) is 11.0 Å². The smallest absolute Gasteiger partial charge is 0.326 e. The standard InChI is InChI=1S/C12H14FNO4/c1-7(12(16)17)14(2)11(15)8-4-5-10(18-3)9(13)6-8/h4-7H,1-3H3,(H,16,17). The van der Waals surface area contributed by atoms with Crippen molar-refractivity contribution in [2.45, 2.75) is 13.0 Å². The van der Waals surface area contributed by atoms with Crippen molar-refractivity contribution in [1.82, 2.24) is 4.90 Å². The van der Waals surface area contributed by atoms with Gasteiger partial charge in [0.1, 0.15) is 6.04 Å². The third-order valence-electron chi connectivity index (χ3n) is 2.66. The first kappa shape index (κ1) is 14.0. The largest absolute Gasteiger partial charge is 0.494 e. The van der Waals surface area contributed by atoms with E-state index in [9.17, 15) is 14.0 Å². The summed E-state index contributed by atoms with van der Waals surface area (Å²) in [5.41, 5.74) is 0.0731. The molecule has 0 spiro atoms. The molecule has 0 aliphatic rings. The van der Waals surface area contributed by atoms with Crippen molar-refractivity contribution in [3.63, 3.8) is 0 Å². The lowest BCUT2D eigenvalue weighted by molar-refractivity contribution is -0.141. The van der Waals surface area contributed by atoms with E-state index in [2.05, 4.69) is 0 Å². The van der Waals surface area contributed by atoms with Gasteiger partial charge in [-0.25, -0.2) is 9.18 Å². The van der Waals surface area contributed by atoms with E-state index in [1.165, 1.54) is 33.2 Å². The molecular formula is C12H14FNO4. The van der Waals surface area contributed by atoms with Crippen LogP contribution in [0.15, 0.2) is 18.2 Å². The van der Waals surface area contributed by atoms with Gasteiger partial charge in [0, 0.05) is 12.6 Å². The molecule has 0 radical (unpaired) electrons. The fraction of sp³-hybridized carbons (Fsp3) is 0.333. The summed E-state index contributed by atoms with van der Waals surface area (Å²) in [5.74, 6) is -2.33. The quantitative estimate of drug-likeness (QED) is 0.882. The number of aliphatic carboxylic acids is 1. The molecule has 1 rings (SSSR count). The predicted molar refractivity (Wildman–Crippen MR) is 62.1 cm³/mol. The zero-order valence-corrected chi connectivity index (χ0v) is 10.3. The number of methoxy groups -OCH3 is 1. The van der Waals surface area contributed by atoms with Crippen LogP contribution < -0.4 is 4.74 Å². The molecule has 0 aromatic heterocycles. The Labute approximate surface area is 104 Å². The average molecular weight is 255 g/mol. The number of rotatable bonds is 4. The van der Waals surface area contributed by atoms with Gasteiger partial charge in [-0.05, 0) is 25.1 Å². The summed E-state index contributed by atoms with van der Waals surface area (Å²) in [6.45, 7) is 1.38. The maximum atomic E-state index is 13.4. The molecule has 0 aliphatic heterocycles. The molecule has 1 unspecified atom stereocenters. The van der Waals surface area contributed by atoms with Crippen LogP contribution in [0.4, 0.5) is 4.39 Å². The number of halogens is 1. The van der Waals surface area contributed by atoms with Gasteiger partial charge in [-0.3, -0.25) is 4.79 Å². The third kappa shape index (κ3) is 2.77. The van der Waals surface area contributed by atoms with Gasteiger partial charge in [0.2, 0.25) is 0 Å². The number of amides is 1. The summed E-state index contributed by atoms with van der Waals surface area (Å²) in [7, 11) is 2.67. The van der Waals surface area contributed by atoms with Crippen molar-refractivity contribution >= 4 is 11.9 Å². The van der Waals surface area contributed by atoms with Gasteiger partial charge in [-0.1, -0.05) is 0 Å². The second-order valence-corrected chi connectivity index (χ2v) is 3.78. The topological polar surface area (TPSA) is 66.8 Å². The van der Waals surface area contributed by atoms with Gasteiger partial charge in [0.25, 0.3) is 5.91 Å². The van der Waals surface area contributed by atoms with Crippen molar-refractivity contribution in [3.8, 4) is 5.75 Å². The molecule has 0 saturated carbocycles. The monoisotopic (exact) mass is 255 g/mol. The Morgan fingerprint density at radius 3 is 2.50 bits per heavy atom. The highest BCUT2D eigenvalue weighted by atomic mass is 19.1. The van der Waals surface area contributed by atoms with E-state index >= 15 is 0 Å². The van der Waals surface area contributed by atoms with Crippen LogP contribution in [0.3, 0.4) is 0 Å². The van der Waals surface area contributed by atoms with Crippen LogP contribution in [0.5, 0.6) is 5.75 Å². The van der Waals surface area contributed by atoms with E-state index in [1.807, 2.05) is 0 Å². The summed E-state index contributed by atoms with van der Waals surface area (Å²) < 4.78 is 18.2. The van der Waals surface area contributed by atoms with Gasteiger partial charge in [0.05, 0.1) is 7.11 Å². The van der Waals surface area contributed by atoms with Crippen molar-refractivity contribution in [2.75, 3.05) is 14.2 Å². The van der Waals surface area contributed by atoms with Crippen LogP contribution in [0.25, 0.3) is 0 Å². The lowest BCUT2D eigenvalue weighted by Gasteiger charge is -2.21. The Morgan fingerprint density at radius 1 is 1.44 bits per heavy atom. The number of likely N-dealkylation sites (N-methyl/N-ethyl adjacent to an activating group) is 1. The van der Waals surface area contributed by atoms with E-state index in [1.54, 1.807) is 0 Å². The highest BCUT2D eigenvalue weighted by Gasteiger charge is 2.23. The first-order chi connectivity index (χ1) is 8.38. The van der Waals surface area contributed by atoms with E-state index in [-0.39, 0.29) is 11.3 Å². The summed E-state index contributed by atoms with van der Waals surface area (Å²) >= 11 is 0. The minimum Gasteiger partial charge on any atom is -0.494 e. The van der Waals surface area contributed by atoms with Crippen LogP contribution in [0.1, 0.15) is 17.3 Å². The maximum Gasteiger partial charge on any atom is 0.326 e. The second kappa shape index (κ2) is 5.48. The molecule has 0 fully saturated rings. The van der Waals surface area contributed by atoms with Gasteiger partial charge in [-0.15, -0.1) is 0 Å². The number of carboxylic acid groups (broad SMARTS) is 1. The zero-order valence-electron chi connectivity index (χ0n) is 10.3. The Bertz CT molecular complexity index is 475. The Hall–Kier alpha value is -2.11.